The van der Waals surface area contributed by atoms with Crippen LogP contribution in [0.15, 0.2) is 51.3 Å². The molecule has 1 atom stereocenters. The number of furan rings is 2. The summed E-state index contributed by atoms with van der Waals surface area (Å²) in [5.41, 5.74) is 0.933. The van der Waals surface area contributed by atoms with E-state index >= 15 is 0 Å². The van der Waals surface area contributed by atoms with E-state index in [2.05, 4.69) is 31.3 Å². The molecule has 1 aromatic carbocycles. The predicted molar refractivity (Wildman–Crippen MR) is 79.6 cm³/mol. The van der Waals surface area contributed by atoms with Gasteiger partial charge in [0, 0.05) is 11.8 Å². The van der Waals surface area contributed by atoms with Crippen LogP contribution in [-0.2, 0) is 13.0 Å². The third kappa shape index (κ3) is 2.63. The first-order valence-electron chi connectivity index (χ1n) is 7.05. The summed E-state index contributed by atoms with van der Waals surface area (Å²) >= 11 is 0. The zero-order valence-corrected chi connectivity index (χ0v) is 11.8. The van der Waals surface area contributed by atoms with Crippen LogP contribution in [0.3, 0.4) is 0 Å². The second kappa shape index (κ2) is 5.55. The lowest BCUT2D eigenvalue weighted by Crippen LogP contribution is -2.17. The van der Waals surface area contributed by atoms with Gasteiger partial charge in [-0.15, -0.1) is 0 Å². The van der Waals surface area contributed by atoms with Gasteiger partial charge in [0.1, 0.15) is 22.9 Å². The van der Waals surface area contributed by atoms with Crippen molar-refractivity contribution in [2.45, 2.75) is 32.9 Å². The third-order valence-corrected chi connectivity index (χ3v) is 3.52. The van der Waals surface area contributed by atoms with Gasteiger partial charge in [-0.3, -0.25) is 0 Å². The summed E-state index contributed by atoms with van der Waals surface area (Å²) in [6.45, 7) is 4.90. The van der Waals surface area contributed by atoms with E-state index in [0.29, 0.717) is 6.54 Å². The Balaban J connectivity index is 1.67. The molecule has 0 aliphatic heterocycles. The zero-order chi connectivity index (χ0) is 13.9. The van der Waals surface area contributed by atoms with Crippen LogP contribution in [0.1, 0.15) is 37.2 Å². The molecule has 1 N–H and O–H groups in total. The molecule has 0 fully saturated rings. The Morgan fingerprint density at radius 2 is 1.85 bits per heavy atom. The maximum atomic E-state index is 5.85. The molecular weight excluding hydrogens is 250 g/mol. The lowest BCUT2D eigenvalue weighted by molar-refractivity contribution is 0.407. The highest BCUT2D eigenvalue weighted by Gasteiger charge is 2.11. The molecule has 3 aromatic rings. The van der Waals surface area contributed by atoms with Crippen LogP contribution in [-0.4, -0.2) is 0 Å². The summed E-state index contributed by atoms with van der Waals surface area (Å²) in [5, 5.41) is 4.57. The number of benzene rings is 1. The van der Waals surface area contributed by atoms with Crippen molar-refractivity contribution in [3.05, 3.63) is 59.7 Å². The van der Waals surface area contributed by atoms with Crippen molar-refractivity contribution in [3.8, 4) is 0 Å². The molecule has 20 heavy (non-hydrogen) atoms. The maximum Gasteiger partial charge on any atom is 0.134 e. The van der Waals surface area contributed by atoms with E-state index in [0.717, 1.165) is 34.7 Å². The molecule has 0 amide bonds. The van der Waals surface area contributed by atoms with Gasteiger partial charge in [0.05, 0.1) is 12.6 Å². The van der Waals surface area contributed by atoms with Crippen LogP contribution < -0.4 is 5.32 Å². The smallest absolute Gasteiger partial charge is 0.134 e. The van der Waals surface area contributed by atoms with Crippen molar-refractivity contribution in [2.24, 2.45) is 0 Å². The van der Waals surface area contributed by atoms with E-state index in [1.807, 2.05) is 30.3 Å². The van der Waals surface area contributed by atoms with E-state index in [1.165, 1.54) is 0 Å². The van der Waals surface area contributed by atoms with Crippen LogP contribution in [0.25, 0.3) is 11.0 Å². The highest BCUT2D eigenvalue weighted by Crippen LogP contribution is 2.23. The Labute approximate surface area is 118 Å². The van der Waals surface area contributed by atoms with Crippen LogP contribution in [0.4, 0.5) is 0 Å². The quantitative estimate of drug-likeness (QED) is 0.744. The van der Waals surface area contributed by atoms with E-state index in [9.17, 15) is 0 Å². The molecule has 1 unspecified atom stereocenters. The van der Waals surface area contributed by atoms with Crippen LogP contribution in [0.5, 0.6) is 0 Å². The van der Waals surface area contributed by atoms with Crippen molar-refractivity contribution < 1.29 is 8.83 Å². The molecule has 0 saturated heterocycles. The summed E-state index contributed by atoms with van der Waals surface area (Å²) in [5.74, 6) is 2.94. The van der Waals surface area contributed by atoms with Crippen molar-refractivity contribution in [3.63, 3.8) is 0 Å². The monoisotopic (exact) mass is 269 g/mol. The molecule has 2 aromatic heterocycles. The number of fused-ring (bicyclic) bond motifs is 1. The lowest BCUT2D eigenvalue weighted by atomic mass is 10.2. The van der Waals surface area contributed by atoms with Gasteiger partial charge in [-0.25, -0.2) is 0 Å². The number of nitrogens with one attached hydrogen (secondary N) is 1. The van der Waals surface area contributed by atoms with Crippen molar-refractivity contribution >= 4 is 11.0 Å². The Kier molecular flexibility index (Phi) is 3.61. The number of hydrogen-bond donors (Lipinski definition) is 1. The molecule has 0 radical (unpaired) electrons. The van der Waals surface area contributed by atoms with Gasteiger partial charge in [0.15, 0.2) is 0 Å². The minimum Gasteiger partial charge on any atom is -0.465 e. The van der Waals surface area contributed by atoms with Gasteiger partial charge in [-0.2, -0.15) is 0 Å². The van der Waals surface area contributed by atoms with E-state index < -0.39 is 0 Å². The molecule has 3 nitrogen and oxygen atoms in total. The summed E-state index contributed by atoms with van der Waals surface area (Å²) in [4.78, 5) is 0. The normalized spacial score (nSPS) is 12.9. The van der Waals surface area contributed by atoms with Gasteiger partial charge in [0.25, 0.3) is 0 Å². The Hall–Kier alpha value is -2.00. The third-order valence-electron chi connectivity index (χ3n) is 3.52. The minimum absolute atomic E-state index is 0.151. The number of rotatable bonds is 5. The number of aryl methyl sites for hydroxylation is 1. The molecule has 0 saturated carbocycles. The highest BCUT2D eigenvalue weighted by atomic mass is 16.3. The molecule has 0 aliphatic rings. The highest BCUT2D eigenvalue weighted by molar-refractivity contribution is 5.77. The fraction of sp³-hybridized carbons (Fsp3) is 0.294. The van der Waals surface area contributed by atoms with Gasteiger partial charge in [-0.1, -0.05) is 25.1 Å². The summed E-state index contributed by atoms with van der Waals surface area (Å²) < 4.78 is 11.5. The second-order valence-electron chi connectivity index (χ2n) is 5.01. The number of para-hydroxylation sites is 1. The van der Waals surface area contributed by atoms with Crippen LogP contribution >= 0.6 is 0 Å². The van der Waals surface area contributed by atoms with Gasteiger partial charge >= 0.3 is 0 Å². The van der Waals surface area contributed by atoms with E-state index in [4.69, 9.17) is 8.83 Å². The lowest BCUT2D eigenvalue weighted by Gasteiger charge is -2.09. The largest absolute Gasteiger partial charge is 0.465 e. The SMILES string of the molecule is CCc1ccc(CNC(C)c2cc3ccccc3o2)o1. The Morgan fingerprint density at radius 3 is 2.60 bits per heavy atom. The predicted octanol–water partition coefficient (Wildman–Crippen LogP) is 4.44. The van der Waals surface area contributed by atoms with Gasteiger partial charge in [0.2, 0.25) is 0 Å². The standard InChI is InChI=1S/C17H19NO2/c1-3-14-8-9-15(19-14)11-18-12(2)17-10-13-6-4-5-7-16(13)20-17/h4-10,12,18H,3,11H2,1-2H3. The zero-order valence-electron chi connectivity index (χ0n) is 11.8. The first-order valence-corrected chi connectivity index (χ1v) is 7.05. The van der Waals surface area contributed by atoms with Crippen molar-refractivity contribution in [2.75, 3.05) is 0 Å². The molecule has 3 heteroatoms. The van der Waals surface area contributed by atoms with Gasteiger partial charge in [-0.05, 0) is 31.2 Å². The molecular formula is C17H19NO2. The summed E-state index contributed by atoms with van der Waals surface area (Å²) in [6, 6.07) is 14.4. The molecule has 0 bridgehead atoms. The summed E-state index contributed by atoms with van der Waals surface area (Å²) in [7, 11) is 0. The average Bonchev–Trinajstić information content (AvgIpc) is 3.10. The first kappa shape index (κ1) is 13.0. The first-order chi connectivity index (χ1) is 9.76. The molecule has 0 aliphatic carbocycles. The maximum absolute atomic E-state index is 5.85. The minimum atomic E-state index is 0.151. The van der Waals surface area contributed by atoms with Crippen molar-refractivity contribution in [1.82, 2.24) is 5.32 Å². The van der Waals surface area contributed by atoms with E-state index in [1.54, 1.807) is 0 Å². The van der Waals surface area contributed by atoms with Crippen molar-refractivity contribution in [1.29, 1.82) is 0 Å². The fourth-order valence-corrected chi connectivity index (χ4v) is 2.28. The summed E-state index contributed by atoms with van der Waals surface area (Å²) in [6.07, 6.45) is 0.930. The van der Waals surface area contributed by atoms with Crippen LogP contribution in [0.2, 0.25) is 0 Å². The topological polar surface area (TPSA) is 38.3 Å². The average molecular weight is 269 g/mol. The van der Waals surface area contributed by atoms with Gasteiger partial charge < -0.3 is 14.2 Å². The number of hydrogen-bond acceptors (Lipinski definition) is 3. The molecule has 2 heterocycles. The molecule has 104 valence electrons. The molecule has 3 rings (SSSR count). The Morgan fingerprint density at radius 1 is 1.05 bits per heavy atom. The van der Waals surface area contributed by atoms with Crippen LogP contribution in [0, 0.1) is 0 Å². The Bertz CT molecular complexity index is 663. The fourth-order valence-electron chi connectivity index (χ4n) is 2.28. The molecule has 0 spiro atoms. The second-order valence-corrected chi connectivity index (χ2v) is 5.01. The van der Waals surface area contributed by atoms with E-state index in [-0.39, 0.29) is 6.04 Å².